The second-order valence-electron chi connectivity index (χ2n) is 4.46. The number of hydrogen-bond donors (Lipinski definition) is 1. The van der Waals surface area contributed by atoms with Crippen LogP contribution in [0.5, 0.6) is 11.5 Å². The van der Waals surface area contributed by atoms with Crippen LogP contribution in [-0.4, -0.2) is 18.2 Å². The van der Waals surface area contributed by atoms with Gasteiger partial charge >= 0.3 is 5.97 Å². The summed E-state index contributed by atoms with van der Waals surface area (Å²) in [5, 5.41) is 10.1. The molecule has 0 aliphatic heterocycles. The van der Waals surface area contributed by atoms with Crippen molar-refractivity contribution in [3.8, 4) is 11.5 Å². The molecule has 0 heterocycles. The van der Waals surface area contributed by atoms with Gasteiger partial charge in [-0.1, -0.05) is 35.9 Å². The molecule has 22 heavy (non-hydrogen) atoms. The van der Waals surface area contributed by atoms with E-state index >= 15 is 0 Å². The fourth-order valence-electron chi connectivity index (χ4n) is 1.77. The van der Waals surface area contributed by atoms with Crippen molar-refractivity contribution in [2.45, 2.75) is 6.61 Å². The van der Waals surface area contributed by atoms with Gasteiger partial charge in [0.05, 0.1) is 7.11 Å². The number of ether oxygens (including phenoxy) is 2. The van der Waals surface area contributed by atoms with Gasteiger partial charge in [-0.25, -0.2) is 4.79 Å². The largest absolute Gasteiger partial charge is 0.504 e. The number of benzene rings is 2. The van der Waals surface area contributed by atoms with Gasteiger partial charge in [0, 0.05) is 16.7 Å². The normalized spacial score (nSPS) is 10.6. The number of halogens is 1. The van der Waals surface area contributed by atoms with Crippen LogP contribution >= 0.6 is 11.6 Å². The van der Waals surface area contributed by atoms with Gasteiger partial charge in [0.25, 0.3) is 0 Å². The van der Waals surface area contributed by atoms with Gasteiger partial charge in [0.15, 0.2) is 11.5 Å². The first-order valence-corrected chi connectivity index (χ1v) is 6.93. The van der Waals surface area contributed by atoms with Crippen molar-refractivity contribution in [1.82, 2.24) is 0 Å². The van der Waals surface area contributed by atoms with E-state index in [9.17, 15) is 9.90 Å². The van der Waals surface area contributed by atoms with Crippen LogP contribution in [0.1, 0.15) is 11.1 Å². The number of methoxy groups -OCH3 is 1. The van der Waals surface area contributed by atoms with Crippen molar-refractivity contribution in [3.05, 3.63) is 64.7 Å². The molecule has 0 atom stereocenters. The number of esters is 1. The maximum absolute atomic E-state index is 11.7. The van der Waals surface area contributed by atoms with Crippen molar-refractivity contribution in [1.29, 1.82) is 0 Å². The quantitative estimate of drug-likeness (QED) is 0.673. The van der Waals surface area contributed by atoms with Crippen LogP contribution in [0.3, 0.4) is 0 Å². The minimum absolute atomic E-state index is 0.0425. The number of phenolic OH excluding ortho intramolecular Hbond substituents is 1. The molecular weight excluding hydrogens is 304 g/mol. The molecule has 5 heteroatoms. The van der Waals surface area contributed by atoms with Gasteiger partial charge in [-0.3, -0.25) is 0 Å². The SMILES string of the molecule is COc1cc(/C=C/C(=O)OCc2ccccc2Cl)ccc1O. The van der Waals surface area contributed by atoms with Crippen LogP contribution in [0.4, 0.5) is 0 Å². The number of phenols is 1. The van der Waals surface area contributed by atoms with E-state index in [0.29, 0.717) is 16.3 Å². The van der Waals surface area contributed by atoms with Gasteiger partial charge in [-0.05, 0) is 29.8 Å². The van der Waals surface area contributed by atoms with E-state index in [1.807, 2.05) is 12.1 Å². The summed E-state index contributed by atoms with van der Waals surface area (Å²) >= 11 is 5.98. The Balaban J connectivity index is 1.95. The molecule has 0 amide bonds. The van der Waals surface area contributed by atoms with Crippen LogP contribution < -0.4 is 4.74 Å². The zero-order valence-corrected chi connectivity index (χ0v) is 12.7. The smallest absolute Gasteiger partial charge is 0.331 e. The highest BCUT2D eigenvalue weighted by Crippen LogP contribution is 2.26. The van der Waals surface area contributed by atoms with E-state index in [1.54, 1.807) is 30.3 Å². The maximum atomic E-state index is 11.7. The summed E-state index contributed by atoms with van der Waals surface area (Å²) in [4.78, 5) is 11.7. The first-order chi connectivity index (χ1) is 10.6. The van der Waals surface area contributed by atoms with E-state index in [1.165, 1.54) is 19.3 Å². The Morgan fingerprint density at radius 2 is 2.05 bits per heavy atom. The Hall–Kier alpha value is -2.46. The number of aromatic hydroxyl groups is 1. The highest BCUT2D eigenvalue weighted by Gasteiger charge is 2.04. The van der Waals surface area contributed by atoms with Crippen LogP contribution in [0.2, 0.25) is 5.02 Å². The summed E-state index contributed by atoms with van der Waals surface area (Å²) < 4.78 is 10.1. The van der Waals surface area contributed by atoms with Gasteiger partial charge in [0.1, 0.15) is 6.61 Å². The molecule has 4 nitrogen and oxygen atoms in total. The average Bonchev–Trinajstić information content (AvgIpc) is 2.53. The van der Waals surface area contributed by atoms with Gasteiger partial charge in [0.2, 0.25) is 0 Å². The zero-order chi connectivity index (χ0) is 15.9. The number of hydrogen-bond acceptors (Lipinski definition) is 4. The Bertz CT molecular complexity index is 695. The highest BCUT2D eigenvalue weighted by atomic mass is 35.5. The summed E-state index contributed by atoms with van der Waals surface area (Å²) in [6.07, 6.45) is 2.89. The fraction of sp³-hybridized carbons (Fsp3) is 0.118. The Labute approximate surface area is 133 Å². The Morgan fingerprint density at radius 1 is 1.27 bits per heavy atom. The Kier molecular flexibility index (Phi) is 5.44. The molecule has 0 aliphatic rings. The molecule has 0 bridgehead atoms. The fourth-order valence-corrected chi connectivity index (χ4v) is 1.96. The summed E-state index contributed by atoms with van der Waals surface area (Å²) in [7, 11) is 1.46. The lowest BCUT2D eigenvalue weighted by atomic mass is 10.2. The molecule has 0 aliphatic carbocycles. The standard InChI is InChI=1S/C17H15ClO4/c1-21-16-10-12(6-8-15(16)19)7-9-17(20)22-11-13-4-2-3-5-14(13)18/h2-10,19H,11H2,1H3/b9-7+. The van der Waals surface area contributed by atoms with Crippen molar-refractivity contribution in [2.75, 3.05) is 7.11 Å². The predicted molar refractivity (Wildman–Crippen MR) is 84.9 cm³/mol. The van der Waals surface area contributed by atoms with Crippen LogP contribution in [0.25, 0.3) is 6.08 Å². The molecule has 0 saturated heterocycles. The second kappa shape index (κ2) is 7.52. The molecule has 2 aromatic rings. The lowest BCUT2D eigenvalue weighted by Gasteiger charge is -2.05. The first kappa shape index (κ1) is 15.9. The summed E-state index contributed by atoms with van der Waals surface area (Å²) in [6.45, 7) is 0.113. The third-order valence-electron chi connectivity index (χ3n) is 2.94. The summed E-state index contributed by atoms with van der Waals surface area (Å²) in [5.74, 6) is -0.0977. The van der Waals surface area contributed by atoms with E-state index in [-0.39, 0.29) is 12.4 Å². The zero-order valence-electron chi connectivity index (χ0n) is 12.0. The minimum atomic E-state index is -0.480. The van der Waals surface area contributed by atoms with Crippen LogP contribution in [0, 0.1) is 0 Å². The summed E-state index contributed by atoms with van der Waals surface area (Å²) in [6, 6.07) is 11.9. The predicted octanol–water partition coefficient (Wildman–Crippen LogP) is 3.81. The number of carbonyl (C=O) groups excluding carboxylic acids is 1. The maximum Gasteiger partial charge on any atom is 0.331 e. The highest BCUT2D eigenvalue weighted by molar-refractivity contribution is 6.31. The molecule has 2 aromatic carbocycles. The van der Waals surface area contributed by atoms with Crippen molar-refractivity contribution in [2.24, 2.45) is 0 Å². The lowest BCUT2D eigenvalue weighted by molar-refractivity contribution is -0.138. The second-order valence-corrected chi connectivity index (χ2v) is 4.87. The molecule has 0 saturated carbocycles. The molecule has 2 rings (SSSR count). The van der Waals surface area contributed by atoms with Crippen molar-refractivity contribution in [3.63, 3.8) is 0 Å². The van der Waals surface area contributed by atoms with Gasteiger partial charge in [-0.2, -0.15) is 0 Å². The molecule has 0 radical (unpaired) electrons. The topological polar surface area (TPSA) is 55.8 Å². The number of carbonyl (C=O) groups is 1. The van der Waals surface area contributed by atoms with E-state index in [2.05, 4.69) is 0 Å². The molecule has 1 N–H and O–H groups in total. The monoisotopic (exact) mass is 318 g/mol. The molecule has 0 fully saturated rings. The van der Waals surface area contributed by atoms with E-state index < -0.39 is 5.97 Å². The summed E-state index contributed by atoms with van der Waals surface area (Å²) in [5.41, 5.74) is 1.46. The van der Waals surface area contributed by atoms with E-state index in [4.69, 9.17) is 21.1 Å². The molecule has 114 valence electrons. The molecule has 0 aromatic heterocycles. The third kappa shape index (κ3) is 4.27. The van der Waals surface area contributed by atoms with Crippen molar-refractivity contribution >= 4 is 23.6 Å². The van der Waals surface area contributed by atoms with Crippen molar-refractivity contribution < 1.29 is 19.4 Å². The van der Waals surface area contributed by atoms with Gasteiger partial charge < -0.3 is 14.6 Å². The lowest BCUT2D eigenvalue weighted by Crippen LogP contribution is -2.01. The van der Waals surface area contributed by atoms with E-state index in [0.717, 1.165) is 5.56 Å². The van der Waals surface area contributed by atoms with Gasteiger partial charge in [-0.15, -0.1) is 0 Å². The number of rotatable bonds is 5. The molecule has 0 spiro atoms. The Morgan fingerprint density at radius 3 is 2.77 bits per heavy atom. The average molecular weight is 319 g/mol. The first-order valence-electron chi connectivity index (χ1n) is 6.55. The van der Waals surface area contributed by atoms with Crippen LogP contribution in [-0.2, 0) is 16.1 Å². The molecule has 0 unspecified atom stereocenters. The minimum Gasteiger partial charge on any atom is -0.504 e. The molecular formula is C17H15ClO4. The van der Waals surface area contributed by atoms with Crippen LogP contribution in [0.15, 0.2) is 48.5 Å². The third-order valence-corrected chi connectivity index (χ3v) is 3.31.